The van der Waals surface area contributed by atoms with E-state index in [1.54, 1.807) is 6.07 Å². The molecule has 1 aromatic heterocycles. The van der Waals surface area contributed by atoms with Gasteiger partial charge in [0.15, 0.2) is 0 Å². The highest BCUT2D eigenvalue weighted by molar-refractivity contribution is 6.32. The van der Waals surface area contributed by atoms with Crippen LogP contribution in [0.4, 0.5) is 0 Å². The van der Waals surface area contributed by atoms with Crippen molar-refractivity contribution in [3.8, 4) is 0 Å². The molecule has 0 N–H and O–H groups in total. The van der Waals surface area contributed by atoms with Crippen molar-refractivity contribution in [2.24, 2.45) is 5.92 Å². The first-order chi connectivity index (χ1) is 12.5. The van der Waals surface area contributed by atoms with E-state index < -0.39 is 0 Å². The number of ether oxygens (including phenoxy) is 1. The first kappa shape index (κ1) is 19.4. The average Bonchev–Trinajstić information content (AvgIpc) is 2.61. The molecule has 0 bridgehead atoms. The first-order valence-corrected chi connectivity index (χ1v) is 9.93. The Bertz CT molecular complexity index is 807. The van der Waals surface area contributed by atoms with Gasteiger partial charge in [-0.2, -0.15) is 0 Å². The Hall–Kier alpha value is -1.36. The lowest BCUT2D eigenvalue weighted by Gasteiger charge is -2.32. The maximum Gasteiger partial charge on any atom is 0.336 e. The summed E-state index contributed by atoms with van der Waals surface area (Å²) in [6.07, 6.45) is 3.24. The molecule has 2 aromatic rings. The number of hydrogen-bond donors (Lipinski definition) is 0. The van der Waals surface area contributed by atoms with Crippen molar-refractivity contribution in [3.63, 3.8) is 0 Å². The predicted octanol–water partition coefficient (Wildman–Crippen LogP) is 4.65. The molecule has 1 fully saturated rings. The molecule has 26 heavy (non-hydrogen) atoms. The quantitative estimate of drug-likeness (QED) is 0.687. The summed E-state index contributed by atoms with van der Waals surface area (Å²) in [5.74, 6) is 0.570. The lowest BCUT2D eigenvalue weighted by molar-refractivity contribution is -0.00579. The zero-order valence-electron chi connectivity index (χ0n) is 15.9. The molecular weight excluding hydrogens is 350 g/mol. The molecule has 0 aliphatic carbocycles. The number of hydrogen-bond acceptors (Lipinski definition) is 4. The molecule has 142 valence electrons. The van der Waals surface area contributed by atoms with Gasteiger partial charge in [-0.15, -0.1) is 0 Å². The maximum absolute atomic E-state index is 12.0. The Kier molecular flexibility index (Phi) is 6.38. The van der Waals surface area contributed by atoms with Gasteiger partial charge in [0.1, 0.15) is 5.58 Å². The van der Waals surface area contributed by atoms with E-state index in [0.717, 1.165) is 67.0 Å². The Morgan fingerprint density at radius 2 is 1.96 bits per heavy atom. The summed E-state index contributed by atoms with van der Waals surface area (Å²) in [5, 5.41) is 1.67. The van der Waals surface area contributed by atoms with Gasteiger partial charge in [0, 0.05) is 42.7 Å². The summed E-state index contributed by atoms with van der Waals surface area (Å²) in [6.45, 7) is 9.91. The highest BCUT2D eigenvalue weighted by Gasteiger charge is 2.21. The summed E-state index contributed by atoms with van der Waals surface area (Å²) in [5.41, 5.74) is 2.32. The number of nitrogens with zero attached hydrogens (tertiary/aromatic N) is 1. The monoisotopic (exact) mass is 377 g/mol. The zero-order valence-corrected chi connectivity index (χ0v) is 16.6. The van der Waals surface area contributed by atoms with Crippen molar-refractivity contribution in [2.45, 2.75) is 52.7 Å². The van der Waals surface area contributed by atoms with Crippen LogP contribution in [0.25, 0.3) is 11.0 Å². The highest BCUT2D eigenvalue weighted by Crippen LogP contribution is 2.27. The second-order valence-corrected chi connectivity index (χ2v) is 7.99. The van der Waals surface area contributed by atoms with Crippen LogP contribution >= 0.6 is 11.6 Å². The van der Waals surface area contributed by atoms with Crippen LogP contribution in [0.5, 0.6) is 0 Å². The van der Waals surface area contributed by atoms with Crippen molar-refractivity contribution in [1.29, 1.82) is 0 Å². The fraction of sp³-hybridized carbons (Fsp3) is 0.571. The molecule has 3 rings (SSSR count). The Morgan fingerprint density at radius 3 is 2.62 bits per heavy atom. The molecule has 0 radical (unpaired) electrons. The second-order valence-electron chi connectivity index (χ2n) is 7.59. The molecule has 1 aromatic carbocycles. The molecule has 5 heteroatoms. The number of benzene rings is 1. The van der Waals surface area contributed by atoms with Crippen molar-refractivity contribution >= 4 is 22.6 Å². The van der Waals surface area contributed by atoms with Gasteiger partial charge in [0.2, 0.25) is 0 Å². The van der Waals surface area contributed by atoms with Crippen molar-refractivity contribution in [2.75, 3.05) is 19.7 Å². The van der Waals surface area contributed by atoms with E-state index in [0.29, 0.717) is 17.6 Å². The fourth-order valence-corrected chi connectivity index (χ4v) is 3.79. The Morgan fingerprint density at radius 1 is 1.23 bits per heavy atom. The topological polar surface area (TPSA) is 42.7 Å². The van der Waals surface area contributed by atoms with Gasteiger partial charge in [-0.1, -0.05) is 32.4 Å². The highest BCUT2D eigenvalue weighted by atomic mass is 35.5. The van der Waals surface area contributed by atoms with E-state index in [1.165, 1.54) is 0 Å². The average molecular weight is 378 g/mol. The largest absolute Gasteiger partial charge is 0.423 e. The van der Waals surface area contributed by atoms with Gasteiger partial charge in [-0.3, -0.25) is 4.90 Å². The van der Waals surface area contributed by atoms with Crippen molar-refractivity contribution in [1.82, 2.24) is 4.90 Å². The van der Waals surface area contributed by atoms with Gasteiger partial charge >= 0.3 is 5.63 Å². The standard InChI is InChI=1S/C21H28ClNO3/c1-4-15-9-20-18(11-19(15)22)16(10-21(24)26-20)12-23-7-5-17(6-8-23)25-13-14(2)3/h9-11,14,17H,4-8,12-13H2,1-3H3. The summed E-state index contributed by atoms with van der Waals surface area (Å²) < 4.78 is 11.4. The smallest absolute Gasteiger partial charge is 0.336 e. The molecule has 0 saturated carbocycles. The van der Waals surface area contributed by atoms with Crippen LogP contribution in [0.3, 0.4) is 0 Å². The van der Waals surface area contributed by atoms with E-state index in [1.807, 2.05) is 19.1 Å². The van der Waals surface area contributed by atoms with Gasteiger partial charge in [-0.05, 0) is 48.4 Å². The lowest BCUT2D eigenvalue weighted by Crippen LogP contribution is -2.37. The maximum atomic E-state index is 12.0. The minimum absolute atomic E-state index is 0.299. The summed E-state index contributed by atoms with van der Waals surface area (Å²) in [7, 11) is 0. The molecule has 0 spiro atoms. The van der Waals surface area contributed by atoms with E-state index in [-0.39, 0.29) is 5.63 Å². The number of rotatable bonds is 6. The molecule has 1 aliphatic rings. The van der Waals surface area contributed by atoms with Gasteiger partial charge in [0.05, 0.1) is 6.10 Å². The van der Waals surface area contributed by atoms with E-state index >= 15 is 0 Å². The fourth-order valence-electron chi connectivity index (χ4n) is 3.49. The number of fused-ring (bicyclic) bond motifs is 1. The van der Waals surface area contributed by atoms with Crippen LogP contribution in [-0.4, -0.2) is 30.7 Å². The first-order valence-electron chi connectivity index (χ1n) is 9.55. The molecular formula is C21H28ClNO3. The summed E-state index contributed by atoms with van der Waals surface area (Å²) in [4.78, 5) is 14.4. The van der Waals surface area contributed by atoms with E-state index in [9.17, 15) is 4.79 Å². The lowest BCUT2D eigenvalue weighted by atomic mass is 10.0. The number of aryl methyl sites for hydroxylation is 1. The third-order valence-corrected chi connectivity index (χ3v) is 5.32. The van der Waals surface area contributed by atoms with Crippen LogP contribution in [0.1, 0.15) is 44.7 Å². The van der Waals surface area contributed by atoms with Crippen LogP contribution < -0.4 is 5.63 Å². The van der Waals surface area contributed by atoms with Crippen LogP contribution in [-0.2, 0) is 17.7 Å². The van der Waals surface area contributed by atoms with Crippen LogP contribution in [0, 0.1) is 5.92 Å². The van der Waals surface area contributed by atoms with Gasteiger partial charge in [0.25, 0.3) is 0 Å². The van der Waals surface area contributed by atoms with E-state index in [4.69, 9.17) is 20.8 Å². The summed E-state index contributed by atoms with van der Waals surface area (Å²) in [6, 6.07) is 5.44. The Balaban J connectivity index is 1.73. The molecule has 0 amide bonds. The number of halogens is 1. The number of piperidine rings is 1. The second kappa shape index (κ2) is 8.55. The van der Waals surface area contributed by atoms with Crippen LogP contribution in [0.15, 0.2) is 27.4 Å². The van der Waals surface area contributed by atoms with Crippen LogP contribution in [0.2, 0.25) is 5.02 Å². The third-order valence-electron chi connectivity index (χ3n) is 4.97. The van der Waals surface area contributed by atoms with E-state index in [2.05, 4.69) is 18.7 Å². The molecule has 2 heterocycles. The molecule has 0 unspecified atom stereocenters. The SMILES string of the molecule is CCc1cc2oc(=O)cc(CN3CCC(OCC(C)C)CC3)c2cc1Cl. The molecule has 1 aliphatic heterocycles. The normalized spacial score (nSPS) is 16.7. The molecule has 1 saturated heterocycles. The van der Waals surface area contributed by atoms with Gasteiger partial charge in [-0.25, -0.2) is 4.79 Å². The molecule has 4 nitrogen and oxygen atoms in total. The van der Waals surface area contributed by atoms with Crippen molar-refractivity contribution in [3.05, 3.63) is 44.8 Å². The van der Waals surface area contributed by atoms with Gasteiger partial charge < -0.3 is 9.15 Å². The molecule has 0 atom stereocenters. The summed E-state index contributed by atoms with van der Waals surface area (Å²) >= 11 is 6.39. The zero-order chi connectivity index (χ0) is 18.7. The van der Waals surface area contributed by atoms with Crippen molar-refractivity contribution < 1.29 is 9.15 Å². The number of likely N-dealkylation sites (tertiary alicyclic amines) is 1. The minimum Gasteiger partial charge on any atom is -0.423 e. The Labute approximate surface area is 160 Å². The third kappa shape index (κ3) is 4.67. The predicted molar refractivity (Wildman–Crippen MR) is 106 cm³/mol. The minimum atomic E-state index is -0.299.